The average molecular weight is 321 g/mol. The van der Waals surface area contributed by atoms with E-state index in [1.165, 1.54) is 0 Å². The van der Waals surface area contributed by atoms with E-state index < -0.39 is 0 Å². The maximum Gasteiger partial charge on any atom is 0.228 e. The van der Waals surface area contributed by atoms with Crippen molar-refractivity contribution >= 4 is 17.4 Å². The molecular formula is C18H19N5O. The number of piperazine rings is 1. The second-order valence-electron chi connectivity index (χ2n) is 5.93. The van der Waals surface area contributed by atoms with Gasteiger partial charge in [-0.3, -0.25) is 4.79 Å². The van der Waals surface area contributed by atoms with Crippen LogP contribution in [0.1, 0.15) is 5.69 Å². The molecule has 3 aromatic rings. The Morgan fingerprint density at radius 1 is 1.04 bits per heavy atom. The van der Waals surface area contributed by atoms with Gasteiger partial charge in [-0.25, -0.2) is 9.97 Å². The van der Waals surface area contributed by atoms with Crippen molar-refractivity contribution in [2.24, 2.45) is 0 Å². The molecule has 4 heterocycles. The minimum Gasteiger partial charge on any atom is -0.353 e. The third-order valence-corrected chi connectivity index (χ3v) is 4.35. The average Bonchev–Trinajstić information content (AvgIpc) is 3.05. The molecule has 6 heteroatoms. The second kappa shape index (κ2) is 6.31. The monoisotopic (exact) mass is 321 g/mol. The summed E-state index contributed by atoms with van der Waals surface area (Å²) in [5.74, 6) is 1.11. The van der Waals surface area contributed by atoms with E-state index >= 15 is 0 Å². The van der Waals surface area contributed by atoms with E-state index in [1.54, 1.807) is 6.20 Å². The number of fused-ring (bicyclic) bond motifs is 1. The normalized spacial score (nSPS) is 15.0. The molecule has 0 N–H and O–H groups in total. The standard InChI is InChI=1S/C18H19N5O/c24-18(13-15-14-23-8-4-2-6-17(23)20-15)22-11-9-21(10-12-22)16-5-1-3-7-19-16/h1-8,14H,9-13H2. The molecule has 1 amide bonds. The van der Waals surface area contributed by atoms with Gasteiger partial charge in [-0.05, 0) is 24.3 Å². The van der Waals surface area contributed by atoms with Crippen molar-refractivity contribution in [3.63, 3.8) is 0 Å². The highest BCUT2D eigenvalue weighted by atomic mass is 16.2. The van der Waals surface area contributed by atoms with Crippen molar-refractivity contribution in [2.75, 3.05) is 31.1 Å². The zero-order chi connectivity index (χ0) is 16.4. The van der Waals surface area contributed by atoms with Gasteiger partial charge in [0, 0.05) is 44.8 Å². The van der Waals surface area contributed by atoms with E-state index in [0.717, 1.165) is 43.3 Å². The fourth-order valence-corrected chi connectivity index (χ4v) is 3.06. The third-order valence-electron chi connectivity index (χ3n) is 4.35. The predicted molar refractivity (Wildman–Crippen MR) is 91.9 cm³/mol. The Labute approximate surface area is 140 Å². The van der Waals surface area contributed by atoms with Gasteiger partial charge in [-0.15, -0.1) is 0 Å². The van der Waals surface area contributed by atoms with Gasteiger partial charge in [0.2, 0.25) is 5.91 Å². The molecule has 0 aliphatic carbocycles. The SMILES string of the molecule is O=C(Cc1cn2ccccc2n1)N1CCN(c2ccccn2)CC1. The Balaban J connectivity index is 1.37. The molecule has 1 saturated heterocycles. The van der Waals surface area contributed by atoms with Crippen molar-refractivity contribution in [3.8, 4) is 0 Å². The number of carbonyl (C=O) groups excluding carboxylic acids is 1. The lowest BCUT2D eigenvalue weighted by Crippen LogP contribution is -2.49. The van der Waals surface area contributed by atoms with E-state index in [2.05, 4.69) is 14.9 Å². The van der Waals surface area contributed by atoms with Gasteiger partial charge in [0.05, 0.1) is 12.1 Å². The molecular weight excluding hydrogens is 302 g/mol. The molecule has 0 atom stereocenters. The van der Waals surface area contributed by atoms with Gasteiger partial charge in [0.1, 0.15) is 11.5 Å². The van der Waals surface area contributed by atoms with Crippen molar-refractivity contribution in [2.45, 2.75) is 6.42 Å². The van der Waals surface area contributed by atoms with Gasteiger partial charge in [0.25, 0.3) is 0 Å². The zero-order valence-corrected chi connectivity index (χ0v) is 13.4. The number of carbonyl (C=O) groups is 1. The third kappa shape index (κ3) is 2.95. The molecule has 0 unspecified atom stereocenters. The number of pyridine rings is 2. The van der Waals surface area contributed by atoms with Gasteiger partial charge < -0.3 is 14.2 Å². The number of aromatic nitrogens is 3. The Bertz CT molecular complexity index is 804. The first-order valence-corrected chi connectivity index (χ1v) is 8.16. The summed E-state index contributed by atoms with van der Waals surface area (Å²) in [6.45, 7) is 3.08. The van der Waals surface area contributed by atoms with Crippen molar-refractivity contribution in [1.29, 1.82) is 0 Å². The first-order chi connectivity index (χ1) is 11.8. The molecule has 3 aromatic heterocycles. The molecule has 1 aliphatic heterocycles. The molecule has 24 heavy (non-hydrogen) atoms. The molecule has 1 aliphatic rings. The number of hydrogen-bond donors (Lipinski definition) is 0. The summed E-state index contributed by atoms with van der Waals surface area (Å²) < 4.78 is 1.95. The van der Waals surface area contributed by atoms with E-state index in [4.69, 9.17) is 0 Å². The summed E-state index contributed by atoms with van der Waals surface area (Å²) in [7, 11) is 0. The fraction of sp³-hybridized carbons (Fsp3) is 0.278. The minimum atomic E-state index is 0.138. The lowest BCUT2D eigenvalue weighted by atomic mass is 10.2. The molecule has 0 bridgehead atoms. The summed E-state index contributed by atoms with van der Waals surface area (Å²) in [4.78, 5) is 25.5. The molecule has 0 saturated carbocycles. The molecule has 1 fully saturated rings. The fourth-order valence-electron chi connectivity index (χ4n) is 3.06. The van der Waals surface area contributed by atoms with Gasteiger partial charge >= 0.3 is 0 Å². The van der Waals surface area contributed by atoms with E-state index in [-0.39, 0.29) is 5.91 Å². The Morgan fingerprint density at radius 2 is 1.88 bits per heavy atom. The molecule has 0 spiro atoms. The zero-order valence-electron chi connectivity index (χ0n) is 13.4. The summed E-state index contributed by atoms with van der Waals surface area (Å²) in [5.41, 5.74) is 1.69. The smallest absolute Gasteiger partial charge is 0.228 e. The summed E-state index contributed by atoms with van der Waals surface area (Å²) >= 11 is 0. The van der Waals surface area contributed by atoms with Gasteiger partial charge in [0.15, 0.2) is 0 Å². The molecule has 4 rings (SSSR count). The van der Waals surface area contributed by atoms with Crippen LogP contribution in [0.2, 0.25) is 0 Å². The molecule has 6 nitrogen and oxygen atoms in total. The maximum absolute atomic E-state index is 12.5. The Hall–Kier alpha value is -2.89. The highest BCUT2D eigenvalue weighted by Gasteiger charge is 2.22. The quantitative estimate of drug-likeness (QED) is 0.736. The van der Waals surface area contributed by atoms with E-state index in [9.17, 15) is 4.79 Å². The number of anilines is 1. The van der Waals surface area contributed by atoms with Crippen LogP contribution in [-0.4, -0.2) is 51.4 Å². The van der Waals surface area contributed by atoms with Crippen LogP contribution >= 0.6 is 0 Å². The number of hydrogen-bond acceptors (Lipinski definition) is 4. The van der Waals surface area contributed by atoms with Crippen LogP contribution in [0.15, 0.2) is 55.0 Å². The van der Waals surface area contributed by atoms with Gasteiger partial charge in [-0.1, -0.05) is 12.1 Å². The van der Waals surface area contributed by atoms with Crippen LogP contribution in [0, 0.1) is 0 Å². The van der Waals surface area contributed by atoms with Crippen LogP contribution < -0.4 is 4.90 Å². The van der Waals surface area contributed by atoms with Crippen LogP contribution in [0.4, 0.5) is 5.82 Å². The summed E-state index contributed by atoms with van der Waals surface area (Å²) in [6.07, 6.45) is 6.03. The Kier molecular flexibility index (Phi) is 3.86. The molecule has 0 aromatic carbocycles. The predicted octanol–water partition coefficient (Wildman–Crippen LogP) is 1.62. The van der Waals surface area contributed by atoms with E-state index in [1.807, 2.05) is 58.1 Å². The van der Waals surface area contributed by atoms with Crippen molar-refractivity contribution in [3.05, 3.63) is 60.7 Å². The number of rotatable bonds is 3. The second-order valence-corrected chi connectivity index (χ2v) is 5.93. The van der Waals surface area contributed by atoms with Crippen LogP contribution in [-0.2, 0) is 11.2 Å². The number of amides is 1. The molecule has 122 valence electrons. The maximum atomic E-state index is 12.5. The topological polar surface area (TPSA) is 53.7 Å². The number of imidazole rings is 1. The van der Waals surface area contributed by atoms with Crippen LogP contribution in [0.3, 0.4) is 0 Å². The van der Waals surface area contributed by atoms with E-state index in [0.29, 0.717) is 6.42 Å². The van der Waals surface area contributed by atoms with Crippen molar-refractivity contribution < 1.29 is 4.79 Å². The minimum absolute atomic E-state index is 0.138. The lowest BCUT2D eigenvalue weighted by Gasteiger charge is -2.35. The number of nitrogens with zero attached hydrogens (tertiary/aromatic N) is 5. The largest absolute Gasteiger partial charge is 0.353 e. The first kappa shape index (κ1) is 14.7. The highest BCUT2D eigenvalue weighted by Crippen LogP contribution is 2.13. The summed E-state index contributed by atoms with van der Waals surface area (Å²) in [6, 6.07) is 11.8. The van der Waals surface area contributed by atoms with Crippen LogP contribution in [0.5, 0.6) is 0 Å². The van der Waals surface area contributed by atoms with Gasteiger partial charge in [-0.2, -0.15) is 0 Å². The van der Waals surface area contributed by atoms with Crippen molar-refractivity contribution in [1.82, 2.24) is 19.3 Å². The Morgan fingerprint density at radius 3 is 2.62 bits per heavy atom. The van der Waals surface area contributed by atoms with Crippen LogP contribution in [0.25, 0.3) is 5.65 Å². The summed E-state index contributed by atoms with van der Waals surface area (Å²) in [5, 5.41) is 0. The first-order valence-electron chi connectivity index (χ1n) is 8.16. The lowest BCUT2D eigenvalue weighted by molar-refractivity contribution is -0.130. The highest BCUT2D eigenvalue weighted by molar-refractivity contribution is 5.78. The molecule has 0 radical (unpaired) electrons.